The first-order valence-electron chi connectivity index (χ1n) is 6.76. The molecular formula is C15H23NO3. The number of phenolic OH excluding ortho intramolecular Hbond substituents is 1. The molecule has 1 unspecified atom stereocenters. The van der Waals surface area contributed by atoms with Gasteiger partial charge in [0.15, 0.2) is 0 Å². The number of likely N-dealkylation sites (N-methyl/N-ethyl adjacent to an activating group) is 1. The highest BCUT2D eigenvalue weighted by Gasteiger charge is 2.11. The molecule has 0 aromatic heterocycles. The molecule has 106 valence electrons. The number of carboxylic acids is 1. The van der Waals surface area contributed by atoms with Gasteiger partial charge in [0.2, 0.25) is 0 Å². The standard InChI is InChI=1S/C15H23NO3/c1-3-16(10-4-5-15(18)19)11-12(2)13-6-8-14(17)9-7-13/h6-9,12,17H,3-5,10-11H2,1-2H3,(H,18,19). The van der Waals surface area contributed by atoms with Gasteiger partial charge in [-0.2, -0.15) is 0 Å². The van der Waals surface area contributed by atoms with Crippen LogP contribution in [0.25, 0.3) is 0 Å². The van der Waals surface area contributed by atoms with Crippen LogP contribution in [0.15, 0.2) is 24.3 Å². The van der Waals surface area contributed by atoms with Gasteiger partial charge in [0.25, 0.3) is 0 Å². The van der Waals surface area contributed by atoms with Crippen molar-refractivity contribution in [1.82, 2.24) is 4.90 Å². The minimum Gasteiger partial charge on any atom is -0.508 e. The number of carbonyl (C=O) groups is 1. The predicted molar refractivity (Wildman–Crippen MR) is 75.5 cm³/mol. The number of carboxylic acid groups (broad SMARTS) is 1. The number of rotatable bonds is 8. The first-order valence-corrected chi connectivity index (χ1v) is 6.76. The Morgan fingerprint density at radius 3 is 2.47 bits per heavy atom. The van der Waals surface area contributed by atoms with Crippen LogP contribution >= 0.6 is 0 Å². The third-order valence-corrected chi connectivity index (χ3v) is 3.31. The van der Waals surface area contributed by atoms with E-state index in [1.807, 2.05) is 12.1 Å². The average Bonchev–Trinajstić information content (AvgIpc) is 2.37. The normalized spacial score (nSPS) is 12.6. The molecule has 4 nitrogen and oxygen atoms in total. The van der Waals surface area contributed by atoms with Crippen molar-refractivity contribution < 1.29 is 15.0 Å². The lowest BCUT2D eigenvalue weighted by Crippen LogP contribution is -2.29. The molecule has 1 aromatic rings. The van der Waals surface area contributed by atoms with Crippen LogP contribution in [-0.4, -0.2) is 40.7 Å². The molecule has 0 fully saturated rings. The van der Waals surface area contributed by atoms with E-state index in [1.54, 1.807) is 12.1 Å². The number of nitrogens with zero attached hydrogens (tertiary/aromatic N) is 1. The van der Waals surface area contributed by atoms with Gasteiger partial charge in [-0.1, -0.05) is 26.0 Å². The van der Waals surface area contributed by atoms with E-state index >= 15 is 0 Å². The van der Waals surface area contributed by atoms with E-state index in [9.17, 15) is 9.90 Å². The van der Waals surface area contributed by atoms with Crippen molar-refractivity contribution in [3.63, 3.8) is 0 Å². The highest BCUT2D eigenvalue weighted by Crippen LogP contribution is 2.19. The lowest BCUT2D eigenvalue weighted by molar-refractivity contribution is -0.137. The summed E-state index contributed by atoms with van der Waals surface area (Å²) in [6.45, 7) is 6.87. The van der Waals surface area contributed by atoms with Crippen molar-refractivity contribution in [3.8, 4) is 5.75 Å². The Balaban J connectivity index is 2.45. The van der Waals surface area contributed by atoms with Crippen LogP contribution in [0.4, 0.5) is 0 Å². The number of hydrogen-bond donors (Lipinski definition) is 2. The van der Waals surface area contributed by atoms with Crippen molar-refractivity contribution in [1.29, 1.82) is 0 Å². The highest BCUT2D eigenvalue weighted by atomic mass is 16.4. The molecule has 0 aliphatic carbocycles. The molecule has 0 amide bonds. The van der Waals surface area contributed by atoms with Crippen LogP contribution in [0.3, 0.4) is 0 Å². The van der Waals surface area contributed by atoms with Gasteiger partial charge >= 0.3 is 5.97 Å². The predicted octanol–water partition coefficient (Wildman–Crippen LogP) is 2.68. The van der Waals surface area contributed by atoms with Gasteiger partial charge in [-0.3, -0.25) is 4.79 Å². The maximum absolute atomic E-state index is 10.5. The van der Waals surface area contributed by atoms with Gasteiger partial charge < -0.3 is 15.1 Å². The molecule has 1 rings (SSSR count). The summed E-state index contributed by atoms with van der Waals surface area (Å²) in [5.41, 5.74) is 1.19. The van der Waals surface area contributed by atoms with E-state index in [1.165, 1.54) is 5.56 Å². The van der Waals surface area contributed by atoms with Crippen LogP contribution < -0.4 is 0 Å². The van der Waals surface area contributed by atoms with Crippen molar-refractivity contribution in [3.05, 3.63) is 29.8 Å². The van der Waals surface area contributed by atoms with Crippen LogP contribution in [0, 0.1) is 0 Å². The summed E-state index contributed by atoms with van der Waals surface area (Å²) in [5.74, 6) is -0.0854. The fourth-order valence-electron chi connectivity index (χ4n) is 2.13. The second-order valence-corrected chi connectivity index (χ2v) is 4.88. The third-order valence-electron chi connectivity index (χ3n) is 3.31. The van der Waals surface area contributed by atoms with E-state index in [2.05, 4.69) is 18.7 Å². The Bertz CT molecular complexity index is 389. The minimum absolute atomic E-state index is 0.226. The molecule has 0 radical (unpaired) electrons. The van der Waals surface area contributed by atoms with Gasteiger partial charge in [0, 0.05) is 13.0 Å². The van der Waals surface area contributed by atoms with E-state index in [0.717, 1.165) is 19.6 Å². The Morgan fingerprint density at radius 1 is 1.32 bits per heavy atom. The molecule has 0 aliphatic rings. The SMILES string of the molecule is CCN(CCCC(=O)O)CC(C)c1ccc(O)cc1. The van der Waals surface area contributed by atoms with Crippen LogP contribution in [0.2, 0.25) is 0 Å². The van der Waals surface area contributed by atoms with E-state index in [0.29, 0.717) is 12.3 Å². The molecule has 2 N–H and O–H groups in total. The molecular weight excluding hydrogens is 242 g/mol. The maximum Gasteiger partial charge on any atom is 0.303 e. The maximum atomic E-state index is 10.5. The molecule has 19 heavy (non-hydrogen) atoms. The van der Waals surface area contributed by atoms with E-state index in [-0.39, 0.29) is 12.2 Å². The molecule has 0 spiro atoms. The molecule has 0 saturated carbocycles. The summed E-state index contributed by atoms with van der Waals surface area (Å²) in [5, 5.41) is 17.9. The van der Waals surface area contributed by atoms with Gasteiger partial charge in [0.05, 0.1) is 0 Å². The summed E-state index contributed by atoms with van der Waals surface area (Å²) in [6.07, 6.45) is 0.912. The first kappa shape index (κ1) is 15.5. The Kier molecular flexibility index (Phi) is 6.36. The fourth-order valence-corrected chi connectivity index (χ4v) is 2.13. The minimum atomic E-state index is -0.734. The van der Waals surface area contributed by atoms with Crippen molar-refractivity contribution in [2.45, 2.75) is 32.6 Å². The fraction of sp³-hybridized carbons (Fsp3) is 0.533. The number of benzene rings is 1. The summed E-state index contributed by atoms with van der Waals surface area (Å²) in [6, 6.07) is 7.27. The summed E-state index contributed by atoms with van der Waals surface area (Å²) >= 11 is 0. The van der Waals surface area contributed by atoms with Crippen LogP contribution in [0.5, 0.6) is 5.75 Å². The molecule has 1 atom stereocenters. The zero-order valence-electron chi connectivity index (χ0n) is 11.7. The van der Waals surface area contributed by atoms with Crippen molar-refractivity contribution in [2.75, 3.05) is 19.6 Å². The summed E-state index contributed by atoms with van der Waals surface area (Å²) in [7, 11) is 0. The second-order valence-electron chi connectivity index (χ2n) is 4.88. The van der Waals surface area contributed by atoms with Crippen LogP contribution in [-0.2, 0) is 4.79 Å². The Morgan fingerprint density at radius 2 is 1.95 bits per heavy atom. The number of aromatic hydroxyl groups is 1. The monoisotopic (exact) mass is 265 g/mol. The van der Waals surface area contributed by atoms with Crippen molar-refractivity contribution in [2.24, 2.45) is 0 Å². The Hall–Kier alpha value is -1.55. The van der Waals surface area contributed by atoms with Crippen molar-refractivity contribution >= 4 is 5.97 Å². The largest absolute Gasteiger partial charge is 0.508 e. The first-order chi connectivity index (χ1) is 9.02. The van der Waals surface area contributed by atoms with Gasteiger partial charge in [-0.05, 0) is 43.1 Å². The number of aliphatic carboxylic acids is 1. The summed E-state index contributed by atoms with van der Waals surface area (Å²) in [4.78, 5) is 12.8. The molecule has 1 aromatic carbocycles. The van der Waals surface area contributed by atoms with Gasteiger partial charge in [0.1, 0.15) is 5.75 Å². The van der Waals surface area contributed by atoms with Crippen LogP contribution in [0.1, 0.15) is 38.2 Å². The molecule has 0 heterocycles. The number of phenols is 1. The molecule has 0 aliphatic heterocycles. The second kappa shape index (κ2) is 7.79. The lowest BCUT2D eigenvalue weighted by Gasteiger charge is -2.24. The highest BCUT2D eigenvalue weighted by molar-refractivity contribution is 5.66. The topological polar surface area (TPSA) is 60.8 Å². The zero-order chi connectivity index (χ0) is 14.3. The Labute approximate surface area is 114 Å². The van der Waals surface area contributed by atoms with Gasteiger partial charge in [-0.25, -0.2) is 0 Å². The smallest absolute Gasteiger partial charge is 0.303 e. The summed E-state index contributed by atoms with van der Waals surface area (Å²) < 4.78 is 0. The van der Waals surface area contributed by atoms with Gasteiger partial charge in [-0.15, -0.1) is 0 Å². The third kappa shape index (κ3) is 5.75. The average molecular weight is 265 g/mol. The quantitative estimate of drug-likeness (QED) is 0.758. The van der Waals surface area contributed by atoms with E-state index in [4.69, 9.17) is 5.11 Å². The molecule has 0 saturated heterocycles. The molecule has 0 bridgehead atoms. The van der Waals surface area contributed by atoms with E-state index < -0.39 is 5.97 Å². The molecule has 4 heteroatoms. The zero-order valence-corrected chi connectivity index (χ0v) is 11.7. The number of hydrogen-bond acceptors (Lipinski definition) is 3. The lowest BCUT2D eigenvalue weighted by atomic mass is 10.0.